The van der Waals surface area contributed by atoms with Crippen LogP contribution >= 0.6 is 11.6 Å². The Labute approximate surface area is 175 Å². The van der Waals surface area contributed by atoms with Crippen molar-refractivity contribution in [1.29, 1.82) is 0 Å². The van der Waals surface area contributed by atoms with Crippen molar-refractivity contribution in [2.45, 2.75) is 24.8 Å². The number of carbonyl (C=O) groups is 1. The van der Waals surface area contributed by atoms with Gasteiger partial charge in [-0.15, -0.1) is 0 Å². The van der Waals surface area contributed by atoms with Crippen LogP contribution in [0.3, 0.4) is 0 Å². The average molecular weight is 429 g/mol. The van der Waals surface area contributed by atoms with Crippen LogP contribution in [0.1, 0.15) is 34.5 Å². The van der Waals surface area contributed by atoms with Gasteiger partial charge in [-0.2, -0.15) is 0 Å². The Morgan fingerprint density at radius 1 is 0.966 bits per heavy atom. The first-order valence-electron chi connectivity index (χ1n) is 9.01. The topological polar surface area (TPSA) is 75.3 Å². The number of halogens is 1. The third-order valence-corrected chi connectivity index (χ3v) is 6.15. The van der Waals surface area contributed by atoms with E-state index in [-0.39, 0.29) is 33.1 Å². The van der Waals surface area contributed by atoms with E-state index in [0.29, 0.717) is 0 Å². The molecule has 0 fully saturated rings. The van der Waals surface area contributed by atoms with Gasteiger partial charge < -0.3 is 5.32 Å². The van der Waals surface area contributed by atoms with Crippen molar-refractivity contribution in [2.24, 2.45) is 0 Å². The van der Waals surface area contributed by atoms with Gasteiger partial charge in [-0.05, 0) is 49.7 Å². The molecule has 29 heavy (non-hydrogen) atoms. The second kappa shape index (κ2) is 8.68. The van der Waals surface area contributed by atoms with E-state index in [9.17, 15) is 13.2 Å². The van der Waals surface area contributed by atoms with Crippen LogP contribution in [-0.4, -0.2) is 14.3 Å². The van der Waals surface area contributed by atoms with Crippen LogP contribution < -0.4 is 10.0 Å². The third kappa shape index (κ3) is 5.16. The van der Waals surface area contributed by atoms with Gasteiger partial charge >= 0.3 is 0 Å². The van der Waals surface area contributed by atoms with Crippen molar-refractivity contribution < 1.29 is 13.2 Å². The summed E-state index contributed by atoms with van der Waals surface area (Å²) >= 11 is 6.25. The van der Waals surface area contributed by atoms with Crippen LogP contribution in [-0.2, 0) is 10.0 Å². The second-order valence-corrected chi connectivity index (χ2v) is 8.81. The minimum absolute atomic E-state index is 0.151. The summed E-state index contributed by atoms with van der Waals surface area (Å²) in [6, 6.07) is 20.3. The van der Waals surface area contributed by atoms with Crippen molar-refractivity contribution in [1.82, 2.24) is 5.32 Å². The number of benzene rings is 3. The van der Waals surface area contributed by atoms with Crippen molar-refractivity contribution >= 4 is 33.2 Å². The molecule has 0 saturated carbocycles. The monoisotopic (exact) mass is 428 g/mol. The van der Waals surface area contributed by atoms with Gasteiger partial charge in [0, 0.05) is 0 Å². The molecule has 150 valence electrons. The largest absolute Gasteiger partial charge is 0.345 e. The summed E-state index contributed by atoms with van der Waals surface area (Å²) in [5, 5.41) is 3.05. The molecule has 0 aliphatic carbocycles. The highest BCUT2D eigenvalue weighted by Gasteiger charge is 2.17. The van der Waals surface area contributed by atoms with Gasteiger partial charge in [0.15, 0.2) is 0 Å². The molecule has 0 aliphatic heterocycles. The Kier molecular flexibility index (Phi) is 6.25. The van der Waals surface area contributed by atoms with Crippen LogP contribution in [0.5, 0.6) is 0 Å². The Hall–Kier alpha value is -2.83. The summed E-state index contributed by atoms with van der Waals surface area (Å²) in [5.41, 5.74) is 2.49. The summed E-state index contributed by atoms with van der Waals surface area (Å²) in [5.74, 6) is -0.334. The lowest BCUT2D eigenvalue weighted by atomic mass is 10.1. The number of rotatable bonds is 6. The highest BCUT2D eigenvalue weighted by atomic mass is 35.5. The Morgan fingerprint density at radius 3 is 2.24 bits per heavy atom. The van der Waals surface area contributed by atoms with E-state index in [0.717, 1.165) is 11.1 Å². The van der Waals surface area contributed by atoms with E-state index in [1.807, 2.05) is 44.2 Å². The van der Waals surface area contributed by atoms with Crippen LogP contribution in [0, 0.1) is 6.92 Å². The van der Waals surface area contributed by atoms with Crippen molar-refractivity contribution in [3.63, 3.8) is 0 Å². The first-order chi connectivity index (χ1) is 13.8. The number of nitrogens with one attached hydrogen (secondary N) is 2. The highest BCUT2D eigenvalue weighted by Crippen LogP contribution is 2.24. The number of anilines is 1. The minimum Gasteiger partial charge on any atom is -0.345 e. The molecule has 2 N–H and O–H groups in total. The summed E-state index contributed by atoms with van der Waals surface area (Å²) in [6.07, 6.45) is 0. The molecule has 5 nitrogen and oxygen atoms in total. The number of hydrogen-bond acceptors (Lipinski definition) is 3. The van der Waals surface area contributed by atoms with Crippen molar-refractivity contribution in [2.75, 3.05) is 4.72 Å². The van der Waals surface area contributed by atoms with Gasteiger partial charge in [0.25, 0.3) is 15.9 Å². The first kappa shape index (κ1) is 20.9. The molecular weight excluding hydrogens is 408 g/mol. The predicted octanol–water partition coefficient (Wildman–Crippen LogP) is 4.94. The highest BCUT2D eigenvalue weighted by molar-refractivity contribution is 7.92. The second-order valence-electron chi connectivity index (χ2n) is 6.72. The smallest absolute Gasteiger partial charge is 0.261 e. The maximum Gasteiger partial charge on any atom is 0.261 e. The lowest BCUT2D eigenvalue weighted by molar-refractivity contribution is 0.0940. The van der Waals surface area contributed by atoms with Crippen molar-refractivity contribution in [3.8, 4) is 0 Å². The molecule has 7 heteroatoms. The lowest BCUT2D eigenvalue weighted by Gasteiger charge is -2.15. The molecule has 1 unspecified atom stereocenters. The van der Waals surface area contributed by atoms with E-state index < -0.39 is 10.0 Å². The predicted molar refractivity (Wildman–Crippen MR) is 116 cm³/mol. The van der Waals surface area contributed by atoms with E-state index in [1.54, 1.807) is 12.1 Å². The Morgan fingerprint density at radius 2 is 1.62 bits per heavy atom. The first-order valence-corrected chi connectivity index (χ1v) is 10.9. The minimum atomic E-state index is -3.74. The molecule has 1 amide bonds. The molecule has 0 radical (unpaired) electrons. The molecule has 1 atom stereocenters. The zero-order valence-electron chi connectivity index (χ0n) is 16.0. The summed E-state index contributed by atoms with van der Waals surface area (Å²) in [7, 11) is -3.74. The molecule has 0 heterocycles. The van der Waals surface area contributed by atoms with Gasteiger partial charge in [-0.25, -0.2) is 8.42 Å². The van der Waals surface area contributed by atoms with E-state index in [2.05, 4.69) is 10.0 Å². The van der Waals surface area contributed by atoms with E-state index in [1.165, 1.54) is 30.3 Å². The maximum absolute atomic E-state index is 12.6. The summed E-state index contributed by atoms with van der Waals surface area (Å²) in [6.45, 7) is 3.76. The van der Waals surface area contributed by atoms with Gasteiger partial charge in [0.1, 0.15) is 0 Å². The normalized spacial score (nSPS) is 12.2. The third-order valence-electron chi connectivity index (χ3n) is 4.44. The number of hydrogen-bond donors (Lipinski definition) is 2. The van der Waals surface area contributed by atoms with E-state index in [4.69, 9.17) is 11.6 Å². The fourth-order valence-electron chi connectivity index (χ4n) is 2.79. The number of sulfonamides is 1. The van der Waals surface area contributed by atoms with Crippen LogP contribution in [0.15, 0.2) is 77.7 Å². The van der Waals surface area contributed by atoms with Gasteiger partial charge in [-0.1, -0.05) is 59.6 Å². The molecule has 0 bridgehead atoms. The standard InChI is InChI=1S/C22H21ClN2O3S/c1-15-8-11-19(12-9-15)29(27,28)25-18-10-13-20(21(23)14-18)22(26)24-16(2)17-6-4-3-5-7-17/h3-14,16,25H,1-2H3,(H,24,26). The Balaban J connectivity index is 1.74. The van der Waals surface area contributed by atoms with Gasteiger partial charge in [0.05, 0.1) is 27.2 Å². The number of carbonyl (C=O) groups excluding carboxylic acids is 1. The van der Waals surface area contributed by atoms with Crippen LogP contribution in [0.4, 0.5) is 5.69 Å². The molecule has 0 spiro atoms. The zero-order valence-corrected chi connectivity index (χ0v) is 17.6. The van der Waals surface area contributed by atoms with E-state index >= 15 is 0 Å². The zero-order chi connectivity index (χ0) is 21.0. The molecule has 0 aliphatic rings. The van der Waals surface area contributed by atoms with Gasteiger partial charge in [0.2, 0.25) is 0 Å². The fourth-order valence-corrected chi connectivity index (χ4v) is 4.11. The molecule has 3 aromatic rings. The molecular formula is C22H21ClN2O3S. The summed E-state index contributed by atoms with van der Waals surface area (Å²) in [4.78, 5) is 12.7. The van der Waals surface area contributed by atoms with Crippen LogP contribution in [0.2, 0.25) is 5.02 Å². The summed E-state index contributed by atoms with van der Waals surface area (Å²) < 4.78 is 27.5. The quantitative estimate of drug-likeness (QED) is 0.583. The number of amides is 1. The lowest BCUT2D eigenvalue weighted by Crippen LogP contribution is -2.26. The molecule has 0 aromatic heterocycles. The van der Waals surface area contributed by atoms with Crippen molar-refractivity contribution in [3.05, 3.63) is 94.5 Å². The SMILES string of the molecule is Cc1ccc(S(=O)(=O)Nc2ccc(C(=O)NC(C)c3ccccc3)c(Cl)c2)cc1. The molecule has 3 aromatic carbocycles. The van der Waals surface area contributed by atoms with Gasteiger partial charge in [-0.3, -0.25) is 9.52 Å². The van der Waals surface area contributed by atoms with Crippen LogP contribution in [0.25, 0.3) is 0 Å². The Bertz CT molecular complexity index is 1110. The fraction of sp³-hybridized carbons (Fsp3) is 0.136. The average Bonchev–Trinajstić information content (AvgIpc) is 2.68. The maximum atomic E-state index is 12.6. The number of aryl methyl sites for hydroxylation is 1. The molecule has 0 saturated heterocycles. The molecule has 3 rings (SSSR count).